The molecule has 10 heavy (non-hydrogen) atoms. The molecule has 0 spiro atoms. The average molecular weight is 178 g/mol. The Hall–Kier alpha value is 0.434. The molecule has 1 aliphatic heterocycles. The maximum absolute atomic E-state index is 7.70. The second-order valence-electron chi connectivity index (χ2n) is 4.18. The molecule has 1 heterocycles. The van der Waals surface area contributed by atoms with Gasteiger partial charge in [-0.15, -0.1) is 0 Å². The maximum atomic E-state index is 7.70. The summed E-state index contributed by atoms with van der Waals surface area (Å²) in [5, 5.41) is -0.0556. The van der Waals surface area contributed by atoms with E-state index < -0.39 is 29.1 Å². The van der Waals surface area contributed by atoms with E-state index in [1.54, 1.807) is 0 Å². The fourth-order valence-corrected chi connectivity index (χ4v) is 12.8. The van der Waals surface area contributed by atoms with Crippen LogP contribution in [0.1, 0.15) is 15.1 Å². The van der Waals surface area contributed by atoms with Gasteiger partial charge in [0, 0.05) is 24.4 Å². The maximum Gasteiger partial charge on any atom is 0.0473 e. The van der Waals surface area contributed by atoms with Gasteiger partial charge in [-0.1, -0.05) is 50.2 Å². The monoisotopic (exact) mass is 178 g/mol. The Bertz CT molecular complexity index is 265. The van der Waals surface area contributed by atoms with Gasteiger partial charge in [0.2, 0.25) is 0 Å². The fraction of sp³-hybridized carbons (Fsp3) is 1.00. The standard InChI is InChI=1S/C8H20Si2/c1-8-9(2,3)6-7-10(8,4)5/h8H,6-7H2,1-5H3/i2D3,3D3/t8-/m0/s1. The minimum Gasteiger partial charge on any atom is -0.0694 e. The van der Waals surface area contributed by atoms with Crippen molar-refractivity contribution in [1.82, 2.24) is 0 Å². The highest BCUT2D eigenvalue weighted by Gasteiger charge is 2.46. The van der Waals surface area contributed by atoms with Crippen molar-refractivity contribution < 1.29 is 8.22 Å². The summed E-state index contributed by atoms with van der Waals surface area (Å²) in [6, 6.07) is 1.32. The third kappa shape index (κ3) is 1.23. The predicted octanol–water partition coefficient (Wildman–Crippen LogP) is 3.35. The molecule has 1 saturated heterocycles. The Balaban J connectivity index is 3.31. The van der Waals surface area contributed by atoms with Crippen molar-refractivity contribution in [2.75, 3.05) is 0 Å². The molecule has 0 aromatic rings. The van der Waals surface area contributed by atoms with Gasteiger partial charge in [-0.3, -0.25) is 0 Å². The Morgan fingerprint density at radius 2 is 1.70 bits per heavy atom. The highest BCUT2D eigenvalue weighted by molar-refractivity contribution is 7.01. The van der Waals surface area contributed by atoms with Crippen LogP contribution in [0.3, 0.4) is 0 Å². The first kappa shape index (κ1) is 3.44. The second kappa shape index (κ2) is 2.21. The predicted molar refractivity (Wildman–Crippen MR) is 54.0 cm³/mol. The molecule has 1 fully saturated rings. The van der Waals surface area contributed by atoms with Gasteiger partial charge in [-0.05, 0) is 0 Å². The van der Waals surface area contributed by atoms with Crippen LogP contribution < -0.4 is 0 Å². The van der Waals surface area contributed by atoms with Gasteiger partial charge < -0.3 is 0 Å². The van der Waals surface area contributed by atoms with E-state index in [0.29, 0.717) is 6.04 Å². The van der Waals surface area contributed by atoms with Crippen molar-refractivity contribution in [3.05, 3.63) is 0 Å². The van der Waals surface area contributed by atoms with Crippen molar-refractivity contribution >= 4 is 16.1 Å². The second-order valence-corrected chi connectivity index (χ2v) is 13.4. The quantitative estimate of drug-likeness (QED) is 0.499. The van der Waals surface area contributed by atoms with E-state index in [9.17, 15) is 0 Å². The summed E-state index contributed by atoms with van der Waals surface area (Å²) >= 11 is 0. The molecule has 0 amide bonds. The molecule has 0 aromatic carbocycles. The van der Waals surface area contributed by atoms with E-state index >= 15 is 0 Å². The number of rotatable bonds is 0. The zero-order chi connectivity index (χ0) is 13.0. The summed E-state index contributed by atoms with van der Waals surface area (Å²) in [4.78, 5) is 0. The summed E-state index contributed by atoms with van der Waals surface area (Å²) in [5.74, 6) is 0. The molecule has 0 bridgehead atoms. The summed E-state index contributed by atoms with van der Waals surface area (Å²) in [6.07, 6.45) is 0. The normalized spacial score (nSPS) is 47.7. The van der Waals surface area contributed by atoms with E-state index in [4.69, 9.17) is 8.22 Å². The van der Waals surface area contributed by atoms with Crippen molar-refractivity contribution in [2.24, 2.45) is 0 Å². The average Bonchev–Trinajstić information content (AvgIpc) is 2.21. The van der Waals surface area contributed by atoms with Gasteiger partial charge >= 0.3 is 0 Å². The van der Waals surface area contributed by atoms with Crippen molar-refractivity contribution in [3.8, 4) is 0 Å². The van der Waals surface area contributed by atoms with Gasteiger partial charge in [0.05, 0.1) is 0 Å². The Kier molecular flexibility index (Phi) is 0.759. The minimum absolute atomic E-state index is 0.0556. The van der Waals surface area contributed by atoms with E-state index in [1.165, 1.54) is 0 Å². The van der Waals surface area contributed by atoms with Crippen LogP contribution in [-0.2, 0) is 0 Å². The highest BCUT2D eigenvalue weighted by atomic mass is 28.4. The first-order chi connectivity index (χ1) is 6.86. The molecule has 0 radical (unpaired) electrons. The Morgan fingerprint density at radius 1 is 1.20 bits per heavy atom. The summed E-state index contributed by atoms with van der Waals surface area (Å²) in [6.45, 7) is 1.65. The van der Waals surface area contributed by atoms with Crippen molar-refractivity contribution in [3.63, 3.8) is 0 Å². The molecule has 1 aliphatic rings. The summed E-state index contributed by atoms with van der Waals surface area (Å²) in [5.41, 5.74) is 0. The third-order valence-corrected chi connectivity index (χ3v) is 13.8. The molecule has 60 valence electrons. The van der Waals surface area contributed by atoms with Crippen molar-refractivity contribution in [1.29, 1.82) is 0 Å². The SMILES string of the molecule is [2H]C([2H])([2H])[Si]1(C([2H])([2H])[2H])CC[Si](C)(C)[C@H]1C. The summed E-state index contributed by atoms with van der Waals surface area (Å²) < 4.78 is 46.2. The Labute approximate surface area is 75.5 Å². The molecule has 0 N–H and O–H groups in total. The summed E-state index contributed by atoms with van der Waals surface area (Å²) in [7, 11) is -4.87. The highest BCUT2D eigenvalue weighted by Crippen LogP contribution is 2.45. The van der Waals surface area contributed by atoms with Crippen LogP contribution in [0.2, 0.25) is 43.3 Å². The molecule has 0 aliphatic carbocycles. The molecule has 0 nitrogen and oxygen atoms in total. The van der Waals surface area contributed by atoms with Crippen molar-refractivity contribution in [2.45, 2.75) is 50.2 Å². The molecular weight excluding hydrogens is 152 g/mol. The lowest BCUT2D eigenvalue weighted by molar-refractivity contribution is 1.21. The van der Waals surface area contributed by atoms with Gasteiger partial charge in [-0.2, -0.15) is 0 Å². The molecule has 1 rings (SSSR count). The molecule has 0 unspecified atom stereocenters. The van der Waals surface area contributed by atoms with Crippen LogP contribution in [0.4, 0.5) is 0 Å². The molecule has 2 heteroatoms. The van der Waals surface area contributed by atoms with Crippen LogP contribution in [0, 0.1) is 0 Å². The topological polar surface area (TPSA) is 0 Å². The fourth-order valence-electron chi connectivity index (χ4n) is 1.62. The lowest BCUT2D eigenvalue weighted by Gasteiger charge is -2.28. The van der Waals surface area contributed by atoms with E-state index in [-0.39, 0.29) is 5.16 Å². The molecule has 0 saturated carbocycles. The van der Waals surface area contributed by atoms with Crippen LogP contribution in [0.15, 0.2) is 0 Å². The van der Waals surface area contributed by atoms with Crippen LogP contribution >= 0.6 is 0 Å². The van der Waals surface area contributed by atoms with Gasteiger partial charge in [0.1, 0.15) is 0 Å². The van der Waals surface area contributed by atoms with E-state index in [2.05, 4.69) is 13.1 Å². The van der Waals surface area contributed by atoms with Gasteiger partial charge in [-0.25, -0.2) is 0 Å². The molecular formula is C8H20Si2. The lowest BCUT2D eigenvalue weighted by Crippen LogP contribution is -2.36. The van der Waals surface area contributed by atoms with Crippen LogP contribution in [0.25, 0.3) is 0 Å². The zero-order valence-electron chi connectivity index (χ0n) is 13.0. The van der Waals surface area contributed by atoms with E-state index in [1.807, 2.05) is 6.92 Å². The smallest absolute Gasteiger partial charge is 0.0473 e. The molecule has 1 atom stereocenters. The lowest BCUT2D eigenvalue weighted by atomic mass is 10.9. The van der Waals surface area contributed by atoms with Crippen LogP contribution in [0.5, 0.6) is 0 Å². The largest absolute Gasteiger partial charge is 0.0694 e. The zero-order valence-corrected chi connectivity index (χ0v) is 8.99. The van der Waals surface area contributed by atoms with Gasteiger partial charge in [0.25, 0.3) is 0 Å². The van der Waals surface area contributed by atoms with Gasteiger partial charge in [0.15, 0.2) is 0 Å². The number of hydrogen-bond acceptors (Lipinski definition) is 0. The Morgan fingerprint density at radius 3 is 1.90 bits per heavy atom. The van der Waals surface area contributed by atoms with E-state index in [0.717, 1.165) is 6.04 Å². The first-order valence-corrected chi connectivity index (χ1v) is 9.43. The minimum atomic E-state index is -3.21. The third-order valence-electron chi connectivity index (χ3n) is 3.08. The first-order valence-electron chi connectivity index (χ1n) is 6.86. The molecule has 0 aromatic heterocycles. The van der Waals surface area contributed by atoms with Crippen LogP contribution in [-0.4, -0.2) is 16.1 Å². The number of hydrogen-bond donors (Lipinski definition) is 0.